The zero-order valence-corrected chi connectivity index (χ0v) is 20.8. The van der Waals surface area contributed by atoms with E-state index in [1.165, 1.54) is 17.1 Å². The Labute approximate surface area is 219 Å². The lowest BCUT2D eigenvalue weighted by Crippen LogP contribution is -2.30. The number of hydrogen-bond acceptors (Lipinski definition) is 7. The Balaban J connectivity index is 1.27. The predicted molar refractivity (Wildman–Crippen MR) is 135 cm³/mol. The van der Waals surface area contributed by atoms with Crippen molar-refractivity contribution in [1.82, 2.24) is 34.7 Å². The van der Waals surface area contributed by atoms with Gasteiger partial charge in [-0.05, 0) is 60.0 Å². The summed E-state index contributed by atoms with van der Waals surface area (Å²) in [6, 6.07) is 9.89. The topological polar surface area (TPSA) is 104 Å². The normalized spacial score (nSPS) is 21.7. The van der Waals surface area contributed by atoms with Crippen molar-refractivity contribution in [2.45, 2.75) is 31.7 Å². The fourth-order valence-corrected chi connectivity index (χ4v) is 5.88. The molecular weight excluding hydrogens is 518 g/mol. The van der Waals surface area contributed by atoms with Crippen LogP contribution >= 0.6 is 23.2 Å². The number of allylic oxidation sites excluding steroid dienone is 1. The number of nitrogens with zero attached hydrogens (tertiary/aromatic N) is 8. The van der Waals surface area contributed by atoms with Crippen molar-refractivity contribution in [2.24, 2.45) is 10.9 Å². The van der Waals surface area contributed by atoms with Crippen LogP contribution in [0.25, 0.3) is 22.5 Å². The molecule has 184 valence electrons. The van der Waals surface area contributed by atoms with Crippen LogP contribution in [-0.2, 0) is 0 Å². The van der Waals surface area contributed by atoms with Crippen molar-refractivity contribution in [3.8, 4) is 16.9 Å². The Bertz CT molecular complexity index is 1730. The van der Waals surface area contributed by atoms with Crippen LogP contribution in [0.2, 0.25) is 5.02 Å². The minimum atomic E-state index is -0.580. The first kappa shape index (κ1) is 22.4. The summed E-state index contributed by atoms with van der Waals surface area (Å²) in [5.74, 6) is 0.452. The molecule has 1 saturated carbocycles. The molecule has 3 aliphatic rings. The number of aryl methyl sites for hydroxylation is 1. The lowest BCUT2D eigenvalue weighted by molar-refractivity contribution is 0.573. The van der Waals surface area contributed by atoms with Gasteiger partial charge in [0.05, 0.1) is 17.4 Å². The third kappa shape index (κ3) is 3.54. The maximum absolute atomic E-state index is 14.6. The van der Waals surface area contributed by atoms with Gasteiger partial charge < -0.3 is 0 Å². The van der Waals surface area contributed by atoms with Gasteiger partial charge in [0.25, 0.3) is 5.56 Å². The Morgan fingerprint density at radius 3 is 2.73 bits per heavy atom. The van der Waals surface area contributed by atoms with E-state index in [-0.39, 0.29) is 28.6 Å². The van der Waals surface area contributed by atoms with Crippen molar-refractivity contribution in [1.29, 1.82) is 0 Å². The molecule has 0 spiro atoms. The molecule has 37 heavy (non-hydrogen) atoms. The van der Waals surface area contributed by atoms with Gasteiger partial charge in [-0.3, -0.25) is 9.36 Å². The maximum Gasteiger partial charge on any atom is 0.254 e. The molecule has 12 heteroatoms. The summed E-state index contributed by atoms with van der Waals surface area (Å²) in [7, 11) is 0. The van der Waals surface area contributed by atoms with Gasteiger partial charge in [0.15, 0.2) is 0 Å². The van der Waals surface area contributed by atoms with Crippen LogP contribution in [-0.4, -0.2) is 40.5 Å². The highest BCUT2D eigenvalue weighted by Crippen LogP contribution is 2.60. The van der Waals surface area contributed by atoms with E-state index in [4.69, 9.17) is 28.2 Å². The standard InChI is InChI=1S/C25H17Cl2FN8O/c1-11-2-4-13(24(28)30-11)15-8-19(31-23(15)27)22-14-7-16(14)25-32-18(9-21(37)36(22)25)17-6-12(26)3-5-20(17)35-10-29-33-34-35/h2-6,9-10,14,16,22H,7-8H2,1H3. The second-order valence-electron chi connectivity index (χ2n) is 9.41. The molecule has 9 nitrogen and oxygen atoms in total. The molecule has 0 N–H and O–H groups in total. The van der Waals surface area contributed by atoms with Crippen LogP contribution in [0.1, 0.15) is 41.9 Å². The molecule has 0 saturated heterocycles. The summed E-state index contributed by atoms with van der Waals surface area (Å²) < 4.78 is 17.8. The molecule has 0 radical (unpaired) electrons. The fraction of sp³-hybridized carbons (Fsp3) is 0.240. The first-order valence-corrected chi connectivity index (χ1v) is 12.4. The van der Waals surface area contributed by atoms with Crippen molar-refractivity contribution < 1.29 is 4.39 Å². The van der Waals surface area contributed by atoms with E-state index in [0.717, 1.165) is 12.1 Å². The van der Waals surface area contributed by atoms with Crippen molar-refractivity contribution in [2.75, 3.05) is 0 Å². The van der Waals surface area contributed by atoms with Gasteiger partial charge >= 0.3 is 0 Å². The molecule has 5 heterocycles. The third-order valence-electron chi connectivity index (χ3n) is 7.17. The number of hydrogen-bond donors (Lipinski definition) is 0. The number of aromatic nitrogens is 7. The Kier molecular flexibility index (Phi) is 4.93. The molecule has 3 unspecified atom stereocenters. The number of aliphatic imine (C=N–C) groups is 1. The van der Waals surface area contributed by atoms with Crippen LogP contribution < -0.4 is 5.56 Å². The summed E-state index contributed by atoms with van der Waals surface area (Å²) >= 11 is 12.8. The lowest BCUT2D eigenvalue weighted by Gasteiger charge is -2.19. The van der Waals surface area contributed by atoms with E-state index in [2.05, 4.69) is 25.5 Å². The second kappa shape index (κ2) is 8.12. The van der Waals surface area contributed by atoms with Crippen molar-refractivity contribution >= 4 is 34.5 Å². The minimum absolute atomic E-state index is 0.136. The molecule has 3 atom stereocenters. The van der Waals surface area contributed by atoms with Crippen molar-refractivity contribution in [3.63, 3.8) is 0 Å². The van der Waals surface area contributed by atoms with Crippen LogP contribution in [0.15, 0.2) is 57.7 Å². The van der Waals surface area contributed by atoms with Crippen LogP contribution in [0.4, 0.5) is 4.39 Å². The predicted octanol–water partition coefficient (Wildman–Crippen LogP) is 4.49. The SMILES string of the molecule is Cc1ccc(C2=C(Cl)N=C(C3C4CC4c4nc(-c5cc(Cl)ccc5-n5cnnn5)cc(=O)n43)C2)c(F)n1. The van der Waals surface area contributed by atoms with Gasteiger partial charge in [0.2, 0.25) is 5.95 Å². The summed E-state index contributed by atoms with van der Waals surface area (Å²) in [5, 5.41) is 12.1. The summed E-state index contributed by atoms with van der Waals surface area (Å²) in [5.41, 5.74) is 3.82. The van der Waals surface area contributed by atoms with E-state index in [0.29, 0.717) is 51.0 Å². The van der Waals surface area contributed by atoms with E-state index in [1.54, 1.807) is 41.8 Å². The van der Waals surface area contributed by atoms with Gasteiger partial charge in [-0.15, -0.1) is 5.10 Å². The average Bonchev–Trinajstić information content (AvgIpc) is 3.17. The molecule has 2 aliphatic heterocycles. The molecule has 3 aromatic heterocycles. The molecular formula is C25H17Cl2FN8O. The van der Waals surface area contributed by atoms with E-state index in [1.807, 2.05) is 0 Å². The number of halogens is 3. The second-order valence-corrected chi connectivity index (χ2v) is 10.2. The van der Waals surface area contributed by atoms with Gasteiger partial charge in [-0.1, -0.05) is 23.2 Å². The highest BCUT2D eigenvalue weighted by atomic mass is 35.5. The van der Waals surface area contributed by atoms with Crippen LogP contribution in [0.3, 0.4) is 0 Å². The molecule has 7 rings (SSSR count). The number of tetrazole rings is 1. The molecule has 0 amide bonds. The number of fused-ring (bicyclic) bond motifs is 3. The zero-order valence-electron chi connectivity index (χ0n) is 19.3. The first-order valence-electron chi connectivity index (χ1n) is 11.7. The van der Waals surface area contributed by atoms with Crippen molar-refractivity contribution in [3.05, 3.63) is 86.3 Å². The van der Waals surface area contributed by atoms with E-state index < -0.39 is 5.95 Å². The molecule has 1 aromatic carbocycles. The maximum atomic E-state index is 14.6. The number of pyridine rings is 1. The number of benzene rings is 1. The van der Waals surface area contributed by atoms with E-state index >= 15 is 0 Å². The van der Waals surface area contributed by atoms with E-state index in [9.17, 15) is 9.18 Å². The first-order chi connectivity index (χ1) is 17.9. The van der Waals surface area contributed by atoms with Gasteiger partial charge in [0.1, 0.15) is 17.3 Å². The lowest BCUT2D eigenvalue weighted by atomic mass is 9.98. The van der Waals surface area contributed by atoms with Gasteiger partial charge in [-0.2, -0.15) is 9.07 Å². The quantitative estimate of drug-likeness (QED) is 0.282. The minimum Gasteiger partial charge on any atom is -0.287 e. The smallest absolute Gasteiger partial charge is 0.254 e. The highest BCUT2D eigenvalue weighted by molar-refractivity contribution is 6.35. The molecule has 1 aliphatic carbocycles. The Morgan fingerprint density at radius 1 is 1.08 bits per heavy atom. The summed E-state index contributed by atoms with van der Waals surface area (Å²) in [6.45, 7) is 1.73. The van der Waals surface area contributed by atoms with Crippen LogP contribution in [0, 0.1) is 18.8 Å². The third-order valence-corrected chi connectivity index (χ3v) is 7.72. The Hall–Kier alpha value is -3.76. The van der Waals surface area contributed by atoms with Gasteiger partial charge in [0, 0.05) is 51.5 Å². The molecule has 4 aromatic rings. The van der Waals surface area contributed by atoms with Gasteiger partial charge in [-0.25, -0.2) is 15.0 Å². The molecule has 0 bridgehead atoms. The highest BCUT2D eigenvalue weighted by Gasteiger charge is 2.56. The summed E-state index contributed by atoms with van der Waals surface area (Å²) in [4.78, 5) is 26.9. The number of rotatable bonds is 4. The zero-order chi connectivity index (χ0) is 25.4. The monoisotopic (exact) mass is 534 g/mol. The fourth-order valence-electron chi connectivity index (χ4n) is 5.44. The van der Waals surface area contributed by atoms with Crippen LogP contribution in [0.5, 0.6) is 0 Å². The largest absolute Gasteiger partial charge is 0.287 e. The average molecular weight is 535 g/mol. The summed E-state index contributed by atoms with van der Waals surface area (Å²) in [6.07, 6.45) is 2.71. The molecule has 1 fully saturated rings. The Morgan fingerprint density at radius 2 is 1.95 bits per heavy atom.